The van der Waals surface area contributed by atoms with Gasteiger partial charge in [-0.2, -0.15) is 0 Å². The van der Waals surface area contributed by atoms with Gasteiger partial charge in [-0.3, -0.25) is 0 Å². The van der Waals surface area contributed by atoms with E-state index in [1.807, 2.05) is 11.3 Å². The molecule has 1 heterocycles. The molecule has 0 saturated carbocycles. The third-order valence-electron chi connectivity index (χ3n) is 3.66. The second kappa shape index (κ2) is 11.2. The summed E-state index contributed by atoms with van der Waals surface area (Å²) in [5, 5.41) is 3.47. The Bertz CT molecular complexity index is 373. The molecular formula is C18H33NOS. The van der Waals surface area contributed by atoms with Gasteiger partial charge in [0.05, 0.1) is 6.61 Å². The lowest BCUT2D eigenvalue weighted by atomic mass is 10.1. The maximum absolute atomic E-state index is 5.83. The van der Waals surface area contributed by atoms with Gasteiger partial charge in [0.1, 0.15) is 0 Å². The summed E-state index contributed by atoms with van der Waals surface area (Å²) in [5.74, 6) is 0. The first-order valence-electron chi connectivity index (χ1n) is 8.52. The van der Waals surface area contributed by atoms with E-state index in [1.54, 1.807) is 0 Å². The minimum atomic E-state index is 0.541. The molecule has 2 nitrogen and oxygen atoms in total. The van der Waals surface area contributed by atoms with Crippen LogP contribution in [-0.4, -0.2) is 12.6 Å². The van der Waals surface area contributed by atoms with Crippen molar-refractivity contribution in [3.63, 3.8) is 0 Å². The molecule has 0 aliphatic heterocycles. The lowest BCUT2D eigenvalue weighted by molar-refractivity contribution is 0.116. The van der Waals surface area contributed by atoms with E-state index in [4.69, 9.17) is 4.74 Å². The second-order valence-electron chi connectivity index (χ2n) is 6.15. The molecule has 1 N–H and O–H groups in total. The Labute approximate surface area is 135 Å². The van der Waals surface area contributed by atoms with Gasteiger partial charge < -0.3 is 10.1 Å². The van der Waals surface area contributed by atoms with Crippen LogP contribution in [0.2, 0.25) is 0 Å². The van der Waals surface area contributed by atoms with Crippen molar-refractivity contribution < 1.29 is 4.74 Å². The number of ether oxygens (including phenoxy) is 1. The summed E-state index contributed by atoms with van der Waals surface area (Å²) in [7, 11) is 0. The maximum Gasteiger partial charge on any atom is 0.0727 e. The summed E-state index contributed by atoms with van der Waals surface area (Å²) in [5.41, 5.74) is 1.37. The van der Waals surface area contributed by atoms with Crippen LogP contribution in [0.15, 0.2) is 6.07 Å². The molecule has 0 unspecified atom stereocenters. The summed E-state index contributed by atoms with van der Waals surface area (Å²) >= 11 is 1.89. The molecule has 0 aliphatic carbocycles. The average Bonchev–Trinajstić information content (AvgIpc) is 2.80. The van der Waals surface area contributed by atoms with Crippen molar-refractivity contribution in [1.29, 1.82) is 0 Å². The normalized spacial score (nSPS) is 11.5. The van der Waals surface area contributed by atoms with Gasteiger partial charge in [-0.25, -0.2) is 0 Å². The number of unbranched alkanes of at least 4 members (excludes halogenated alkanes) is 5. The van der Waals surface area contributed by atoms with E-state index in [9.17, 15) is 0 Å². The number of hydrogen-bond donors (Lipinski definition) is 1. The van der Waals surface area contributed by atoms with Crippen molar-refractivity contribution in [3.8, 4) is 0 Å². The van der Waals surface area contributed by atoms with E-state index in [0.29, 0.717) is 6.04 Å². The zero-order valence-corrected chi connectivity index (χ0v) is 15.2. The maximum atomic E-state index is 5.83. The zero-order chi connectivity index (χ0) is 15.5. The largest absolute Gasteiger partial charge is 0.377 e. The predicted octanol–water partition coefficient (Wildman–Crippen LogP) is 5.43. The second-order valence-corrected chi connectivity index (χ2v) is 7.49. The topological polar surface area (TPSA) is 21.3 Å². The number of rotatable bonds is 12. The Morgan fingerprint density at radius 2 is 1.86 bits per heavy atom. The third-order valence-corrected chi connectivity index (χ3v) is 4.75. The molecule has 0 fully saturated rings. The molecule has 0 amide bonds. The minimum absolute atomic E-state index is 0.541. The number of aryl methyl sites for hydroxylation is 1. The summed E-state index contributed by atoms with van der Waals surface area (Å²) in [6.45, 7) is 11.5. The molecule has 0 radical (unpaired) electrons. The highest BCUT2D eigenvalue weighted by atomic mass is 32.1. The summed E-state index contributed by atoms with van der Waals surface area (Å²) in [6, 6.07) is 2.84. The van der Waals surface area contributed by atoms with Gasteiger partial charge in [0.2, 0.25) is 0 Å². The van der Waals surface area contributed by atoms with Crippen molar-refractivity contribution in [3.05, 3.63) is 21.4 Å². The van der Waals surface area contributed by atoms with Gasteiger partial charge in [-0.05, 0) is 25.0 Å². The molecular weight excluding hydrogens is 278 g/mol. The van der Waals surface area contributed by atoms with Crippen molar-refractivity contribution in [2.75, 3.05) is 6.61 Å². The van der Waals surface area contributed by atoms with Gasteiger partial charge in [0.25, 0.3) is 0 Å². The summed E-state index contributed by atoms with van der Waals surface area (Å²) < 4.78 is 5.83. The van der Waals surface area contributed by atoms with Crippen molar-refractivity contribution in [2.45, 2.75) is 85.4 Å². The van der Waals surface area contributed by atoms with E-state index in [-0.39, 0.29) is 0 Å². The lowest BCUT2D eigenvalue weighted by Gasteiger charge is -2.05. The Morgan fingerprint density at radius 3 is 2.57 bits per heavy atom. The average molecular weight is 312 g/mol. The van der Waals surface area contributed by atoms with E-state index < -0.39 is 0 Å². The van der Waals surface area contributed by atoms with E-state index in [2.05, 4.69) is 39.1 Å². The van der Waals surface area contributed by atoms with Gasteiger partial charge in [-0.15, -0.1) is 11.3 Å². The van der Waals surface area contributed by atoms with Gasteiger partial charge in [0, 0.05) is 28.9 Å². The van der Waals surface area contributed by atoms with Crippen LogP contribution in [0.5, 0.6) is 0 Å². The molecule has 0 aromatic carbocycles. The molecule has 0 bridgehead atoms. The monoisotopic (exact) mass is 311 g/mol. The molecule has 21 heavy (non-hydrogen) atoms. The van der Waals surface area contributed by atoms with E-state index in [0.717, 1.165) is 19.8 Å². The lowest BCUT2D eigenvalue weighted by Crippen LogP contribution is -2.21. The number of thiophene rings is 1. The van der Waals surface area contributed by atoms with Crippen LogP contribution in [0, 0.1) is 6.92 Å². The molecule has 0 spiro atoms. The van der Waals surface area contributed by atoms with Gasteiger partial charge in [0.15, 0.2) is 0 Å². The van der Waals surface area contributed by atoms with Crippen LogP contribution in [0.3, 0.4) is 0 Å². The first kappa shape index (κ1) is 18.7. The fourth-order valence-electron chi connectivity index (χ4n) is 2.29. The highest BCUT2D eigenvalue weighted by Crippen LogP contribution is 2.22. The standard InChI is InChI=1S/C18H33NOS/c1-5-6-7-8-9-10-11-20-14-17-12-18(21-16(17)4)13-19-15(2)3/h12,15,19H,5-11,13-14H2,1-4H3. The number of hydrogen-bond acceptors (Lipinski definition) is 3. The molecule has 1 aromatic rings. The smallest absolute Gasteiger partial charge is 0.0727 e. The Kier molecular flexibility index (Phi) is 9.98. The van der Waals surface area contributed by atoms with Crippen molar-refractivity contribution in [1.82, 2.24) is 5.32 Å². The molecule has 1 aromatic heterocycles. The Balaban J connectivity index is 2.14. The summed E-state index contributed by atoms with van der Waals surface area (Å²) in [4.78, 5) is 2.82. The molecule has 0 saturated heterocycles. The predicted molar refractivity (Wildman–Crippen MR) is 94.1 cm³/mol. The fraction of sp³-hybridized carbons (Fsp3) is 0.778. The highest BCUT2D eigenvalue weighted by Gasteiger charge is 2.06. The summed E-state index contributed by atoms with van der Waals surface area (Å²) in [6.07, 6.45) is 7.96. The number of nitrogens with one attached hydrogen (secondary N) is 1. The van der Waals surface area contributed by atoms with Crippen molar-refractivity contribution >= 4 is 11.3 Å². The molecule has 1 rings (SSSR count). The minimum Gasteiger partial charge on any atom is -0.377 e. The van der Waals surface area contributed by atoms with Crippen LogP contribution in [-0.2, 0) is 17.9 Å². The van der Waals surface area contributed by atoms with Crippen LogP contribution in [0.1, 0.15) is 74.6 Å². The first-order valence-corrected chi connectivity index (χ1v) is 9.34. The van der Waals surface area contributed by atoms with Crippen LogP contribution >= 0.6 is 11.3 Å². The quantitative estimate of drug-likeness (QED) is 0.520. The first-order chi connectivity index (χ1) is 10.1. The van der Waals surface area contributed by atoms with Gasteiger partial charge in [-0.1, -0.05) is 52.9 Å². The zero-order valence-electron chi connectivity index (χ0n) is 14.3. The third kappa shape index (κ3) is 8.60. The molecule has 3 heteroatoms. The van der Waals surface area contributed by atoms with Crippen LogP contribution in [0.4, 0.5) is 0 Å². The van der Waals surface area contributed by atoms with Gasteiger partial charge >= 0.3 is 0 Å². The highest BCUT2D eigenvalue weighted by molar-refractivity contribution is 7.12. The van der Waals surface area contributed by atoms with E-state index >= 15 is 0 Å². The fourth-order valence-corrected chi connectivity index (χ4v) is 3.29. The molecule has 0 aliphatic rings. The van der Waals surface area contributed by atoms with Crippen LogP contribution in [0.25, 0.3) is 0 Å². The van der Waals surface area contributed by atoms with E-state index in [1.165, 1.54) is 53.8 Å². The Morgan fingerprint density at radius 1 is 1.14 bits per heavy atom. The van der Waals surface area contributed by atoms with Crippen LogP contribution < -0.4 is 5.32 Å². The Hall–Kier alpha value is -0.380. The molecule has 0 atom stereocenters. The molecule has 122 valence electrons. The van der Waals surface area contributed by atoms with Crippen molar-refractivity contribution in [2.24, 2.45) is 0 Å². The SMILES string of the molecule is CCCCCCCCOCc1cc(CNC(C)C)sc1C.